The number of nitrogens with one attached hydrogen (secondary N) is 1. The minimum atomic E-state index is -0.404. The molecule has 1 fully saturated rings. The van der Waals surface area contributed by atoms with E-state index >= 15 is 0 Å². The standard InChI is InChI=1S/C21H23FN4O/c1-25-19-11-5-4-10-18(19)23-20(25)14-26-12-6-7-15(13-26)21(27)24-17-9-3-2-8-16(17)22/h2-5,8-11,15H,6-7,12-14H2,1H3,(H,24,27)/t15-/m0/s1. The Balaban J connectivity index is 1.44. The summed E-state index contributed by atoms with van der Waals surface area (Å²) in [5.41, 5.74) is 2.34. The van der Waals surface area contributed by atoms with E-state index in [1.165, 1.54) is 6.07 Å². The zero-order valence-corrected chi connectivity index (χ0v) is 15.4. The van der Waals surface area contributed by atoms with E-state index in [9.17, 15) is 9.18 Å². The van der Waals surface area contributed by atoms with Crippen LogP contribution in [0.3, 0.4) is 0 Å². The highest BCUT2D eigenvalue weighted by atomic mass is 19.1. The van der Waals surface area contributed by atoms with Crippen LogP contribution < -0.4 is 5.32 Å². The van der Waals surface area contributed by atoms with E-state index in [-0.39, 0.29) is 17.5 Å². The third-order valence-electron chi connectivity index (χ3n) is 5.25. The number of amides is 1. The van der Waals surface area contributed by atoms with Gasteiger partial charge in [-0.05, 0) is 43.7 Å². The van der Waals surface area contributed by atoms with Gasteiger partial charge in [-0.3, -0.25) is 9.69 Å². The van der Waals surface area contributed by atoms with Gasteiger partial charge in [-0.2, -0.15) is 0 Å². The van der Waals surface area contributed by atoms with Crippen LogP contribution in [0.2, 0.25) is 0 Å². The minimum absolute atomic E-state index is 0.116. The molecule has 0 unspecified atom stereocenters. The summed E-state index contributed by atoms with van der Waals surface area (Å²) in [6, 6.07) is 14.4. The number of halogens is 1. The Labute approximate surface area is 157 Å². The van der Waals surface area contributed by atoms with Crippen LogP contribution in [0.25, 0.3) is 11.0 Å². The zero-order valence-electron chi connectivity index (χ0n) is 15.4. The quantitative estimate of drug-likeness (QED) is 0.768. The predicted octanol–water partition coefficient (Wildman–Crippen LogP) is 3.56. The van der Waals surface area contributed by atoms with Crippen molar-refractivity contribution in [1.29, 1.82) is 0 Å². The van der Waals surface area contributed by atoms with Gasteiger partial charge in [-0.1, -0.05) is 24.3 Å². The Hall–Kier alpha value is -2.73. The molecule has 140 valence electrons. The lowest BCUT2D eigenvalue weighted by Gasteiger charge is -2.31. The van der Waals surface area contributed by atoms with Crippen LogP contribution in [0, 0.1) is 11.7 Å². The molecule has 2 heterocycles. The summed E-state index contributed by atoms with van der Waals surface area (Å²) in [5.74, 6) is 0.326. The molecular weight excluding hydrogens is 343 g/mol. The number of hydrogen-bond acceptors (Lipinski definition) is 3. The first-order chi connectivity index (χ1) is 13.1. The molecule has 27 heavy (non-hydrogen) atoms. The zero-order chi connectivity index (χ0) is 18.8. The summed E-state index contributed by atoms with van der Waals surface area (Å²) >= 11 is 0. The Kier molecular flexibility index (Phi) is 4.90. The number of rotatable bonds is 4. The largest absolute Gasteiger partial charge is 0.330 e. The number of anilines is 1. The first kappa shape index (κ1) is 17.7. The van der Waals surface area contributed by atoms with Crippen molar-refractivity contribution in [3.05, 3.63) is 60.2 Å². The van der Waals surface area contributed by atoms with Gasteiger partial charge in [0.15, 0.2) is 0 Å². The molecule has 0 aliphatic carbocycles. The Morgan fingerprint density at radius 3 is 2.81 bits per heavy atom. The van der Waals surface area contributed by atoms with Crippen LogP contribution in [0.15, 0.2) is 48.5 Å². The second kappa shape index (κ2) is 7.48. The fourth-order valence-corrected chi connectivity index (χ4v) is 3.75. The lowest BCUT2D eigenvalue weighted by atomic mass is 9.97. The molecule has 0 saturated carbocycles. The molecule has 1 saturated heterocycles. The third-order valence-corrected chi connectivity index (χ3v) is 5.25. The van der Waals surface area contributed by atoms with Crippen molar-refractivity contribution in [2.75, 3.05) is 18.4 Å². The monoisotopic (exact) mass is 366 g/mol. The van der Waals surface area contributed by atoms with Gasteiger partial charge < -0.3 is 9.88 Å². The molecule has 2 aromatic carbocycles. The molecule has 6 heteroatoms. The molecule has 1 aliphatic heterocycles. The normalized spacial score (nSPS) is 17.9. The third kappa shape index (κ3) is 3.71. The molecule has 3 aromatic rings. The predicted molar refractivity (Wildman–Crippen MR) is 104 cm³/mol. The number of hydrogen-bond donors (Lipinski definition) is 1. The Morgan fingerprint density at radius 1 is 1.22 bits per heavy atom. The van der Waals surface area contributed by atoms with Gasteiger partial charge in [0, 0.05) is 13.6 Å². The number of fused-ring (bicyclic) bond motifs is 1. The molecule has 5 nitrogen and oxygen atoms in total. The van der Waals surface area contributed by atoms with Crippen molar-refractivity contribution in [3.8, 4) is 0 Å². The van der Waals surface area contributed by atoms with Gasteiger partial charge in [-0.25, -0.2) is 9.37 Å². The number of para-hydroxylation sites is 3. The van der Waals surface area contributed by atoms with Crippen LogP contribution in [0.1, 0.15) is 18.7 Å². The second-order valence-corrected chi connectivity index (χ2v) is 7.12. The number of nitrogens with zero attached hydrogens (tertiary/aromatic N) is 3. The van der Waals surface area contributed by atoms with E-state index in [2.05, 4.69) is 20.9 Å². The number of piperidine rings is 1. The SMILES string of the molecule is Cn1c(CN2CCC[C@H](C(=O)Nc3ccccc3F)C2)nc2ccccc21. The lowest BCUT2D eigenvalue weighted by Crippen LogP contribution is -2.40. The van der Waals surface area contributed by atoms with Gasteiger partial charge in [0.2, 0.25) is 5.91 Å². The van der Waals surface area contributed by atoms with E-state index in [4.69, 9.17) is 4.98 Å². The van der Waals surface area contributed by atoms with Crippen molar-refractivity contribution in [2.24, 2.45) is 13.0 Å². The average Bonchev–Trinajstić information content (AvgIpc) is 3.00. The van der Waals surface area contributed by atoms with Gasteiger partial charge in [-0.15, -0.1) is 0 Å². The highest BCUT2D eigenvalue weighted by Gasteiger charge is 2.27. The first-order valence-electron chi connectivity index (χ1n) is 9.30. The Bertz CT molecular complexity index is 968. The molecule has 1 aliphatic rings. The molecular formula is C21H23FN4O. The molecule has 0 bridgehead atoms. The summed E-state index contributed by atoms with van der Waals surface area (Å²) in [6.07, 6.45) is 1.76. The highest BCUT2D eigenvalue weighted by Crippen LogP contribution is 2.22. The molecule has 4 rings (SSSR count). The van der Waals surface area contributed by atoms with E-state index in [1.807, 2.05) is 25.2 Å². The fourth-order valence-electron chi connectivity index (χ4n) is 3.75. The number of aryl methyl sites for hydroxylation is 1. The maximum absolute atomic E-state index is 13.8. The highest BCUT2D eigenvalue weighted by molar-refractivity contribution is 5.92. The van der Waals surface area contributed by atoms with Crippen LogP contribution >= 0.6 is 0 Å². The Morgan fingerprint density at radius 2 is 2.00 bits per heavy atom. The number of imidazole rings is 1. The van der Waals surface area contributed by atoms with E-state index in [0.29, 0.717) is 13.1 Å². The van der Waals surface area contributed by atoms with E-state index < -0.39 is 5.82 Å². The number of benzene rings is 2. The fraction of sp³-hybridized carbons (Fsp3) is 0.333. The maximum atomic E-state index is 13.8. The van der Waals surface area contributed by atoms with Crippen LogP contribution in [0.5, 0.6) is 0 Å². The van der Waals surface area contributed by atoms with Crippen LogP contribution in [-0.2, 0) is 18.4 Å². The van der Waals surface area contributed by atoms with Crippen molar-refractivity contribution >= 4 is 22.6 Å². The van der Waals surface area contributed by atoms with Gasteiger partial charge >= 0.3 is 0 Å². The van der Waals surface area contributed by atoms with E-state index in [0.717, 1.165) is 36.2 Å². The summed E-state index contributed by atoms with van der Waals surface area (Å²) < 4.78 is 15.9. The number of carbonyl (C=O) groups excluding carboxylic acids is 1. The smallest absolute Gasteiger partial charge is 0.228 e. The number of aromatic nitrogens is 2. The molecule has 0 spiro atoms. The van der Waals surface area contributed by atoms with Crippen molar-refractivity contribution < 1.29 is 9.18 Å². The summed E-state index contributed by atoms with van der Waals surface area (Å²) in [6.45, 7) is 2.30. The first-order valence-corrected chi connectivity index (χ1v) is 9.30. The number of likely N-dealkylation sites (tertiary alicyclic amines) is 1. The maximum Gasteiger partial charge on any atom is 0.228 e. The topological polar surface area (TPSA) is 50.2 Å². The minimum Gasteiger partial charge on any atom is -0.330 e. The van der Waals surface area contributed by atoms with Crippen LogP contribution in [-0.4, -0.2) is 33.4 Å². The van der Waals surface area contributed by atoms with Crippen LogP contribution in [0.4, 0.5) is 10.1 Å². The lowest BCUT2D eigenvalue weighted by molar-refractivity contribution is -0.121. The summed E-state index contributed by atoms with van der Waals surface area (Å²) in [7, 11) is 2.02. The summed E-state index contributed by atoms with van der Waals surface area (Å²) in [4.78, 5) is 19.6. The second-order valence-electron chi connectivity index (χ2n) is 7.12. The molecule has 1 amide bonds. The van der Waals surface area contributed by atoms with E-state index in [1.54, 1.807) is 18.2 Å². The van der Waals surface area contributed by atoms with Crippen molar-refractivity contribution in [3.63, 3.8) is 0 Å². The van der Waals surface area contributed by atoms with Crippen molar-refractivity contribution in [2.45, 2.75) is 19.4 Å². The molecule has 1 N–H and O–H groups in total. The molecule has 0 radical (unpaired) electrons. The van der Waals surface area contributed by atoms with Gasteiger partial charge in [0.1, 0.15) is 11.6 Å². The molecule has 1 atom stereocenters. The molecule has 1 aromatic heterocycles. The van der Waals surface area contributed by atoms with Gasteiger partial charge in [0.05, 0.1) is 29.2 Å². The summed E-state index contributed by atoms with van der Waals surface area (Å²) in [5, 5.41) is 2.74. The average molecular weight is 366 g/mol. The van der Waals surface area contributed by atoms with Gasteiger partial charge in [0.25, 0.3) is 0 Å². The van der Waals surface area contributed by atoms with Crippen molar-refractivity contribution in [1.82, 2.24) is 14.5 Å². The number of carbonyl (C=O) groups is 1.